The molecule has 0 saturated heterocycles. The van der Waals surface area contributed by atoms with E-state index in [1.165, 1.54) is 0 Å². The number of nitrogens with two attached hydrogens (primary N) is 1. The average molecular weight is 244 g/mol. The number of pyridine rings is 1. The maximum absolute atomic E-state index is 5.90. The molecule has 5 heteroatoms. The minimum atomic E-state index is 0.123. The molecule has 1 aromatic rings. The Bertz CT molecular complexity index is 333. The van der Waals surface area contributed by atoms with Crippen LogP contribution in [0.1, 0.15) is 24.9 Å². The molecule has 3 N–H and O–H groups in total. The van der Waals surface area contributed by atoms with Crippen LogP contribution in [-0.4, -0.2) is 25.2 Å². The van der Waals surface area contributed by atoms with E-state index in [4.69, 9.17) is 22.1 Å². The molecule has 0 aromatic carbocycles. The van der Waals surface area contributed by atoms with E-state index in [1.807, 2.05) is 20.0 Å². The zero-order chi connectivity index (χ0) is 12.0. The van der Waals surface area contributed by atoms with Crippen LogP contribution in [0.4, 0.5) is 5.82 Å². The van der Waals surface area contributed by atoms with Crippen molar-refractivity contribution in [2.24, 2.45) is 0 Å². The van der Waals surface area contributed by atoms with Crippen LogP contribution >= 0.6 is 11.6 Å². The van der Waals surface area contributed by atoms with Crippen molar-refractivity contribution in [2.45, 2.75) is 19.4 Å². The van der Waals surface area contributed by atoms with Gasteiger partial charge in [0, 0.05) is 31.0 Å². The fraction of sp³-hybridized carbons (Fsp3) is 0.545. The lowest BCUT2D eigenvalue weighted by atomic mass is 10.1. The number of hydrogen-bond donors (Lipinski definition) is 2. The second-order valence-corrected chi connectivity index (χ2v) is 3.89. The summed E-state index contributed by atoms with van der Waals surface area (Å²) in [6.07, 6.45) is 2.40. The number of nitrogens with one attached hydrogen (secondary N) is 1. The minimum absolute atomic E-state index is 0.123. The van der Waals surface area contributed by atoms with Crippen molar-refractivity contribution in [3.05, 3.63) is 22.8 Å². The zero-order valence-corrected chi connectivity index (χ0v) is 10.4. The molecule has 1 rings (SSSR count). The Hall–Kier alpha value is -0.840. The standard InChI is InChI=1S/C11H18ClN3O/c1-3-16-5-4-10(14-2)9-6-8(12)7-15-11(9)13/h6-7,10,14H,3-5H2,1-2H3,(H2,13,15). The highest BCUT2D eigenvalue weighted by Crippen LogP contribution is 2.24. The number of aromatic nitrogens is 1. The Morgan fingerprint density at radius 1 is 1.62 bits per heavy atom. The lowest BCUT2D eigenvalue weighted by Crippen LogP contribution is -2.20. The van der Waals surface area contributed by atoms with E-state index < -0.39 is 0 Å². The van der Waals surface area contributed by atoms with Crippen LogP contribution in [0.15, 0.2) is 12.3 Å². The second kappa shape index (κ2) is 6.68. The monoisotopic (exact) mass is 243 g/mol. The molecule has 1 atom stereocenters. The first-order valence-corrected chi connectivity index (χ1v) is 5.72. The fourth-order valence-corrected chi connectivity index (χ4v) is 1.71. The molecule has 1 aromatic heterocycles. The van der Waals surface area contributed by atoms with Crippen molar-refractivity contribution in [1.82, 2.24) is 10.3 Å². The van der Waals surface area contributed by atoms with Crippen LogP contribution in [0.25, 0.3) is 0 Å². The Morgan fingerprint density at radius 3 is 3.00 bits per heavy atom. The van der Waals surface area contributed by atoms with Gasteiger partial charge in [-0.05, 0) is 26.5 Å². The quantitative estimate of drug-likeness (QED) is 0.751. The highest BCUT2D eigenvalue weighted by Gasteiger charge is 2.13. The topological polar surface area (TPSA) is 60.2 Å². The molecule has 0 aliphatic heterocycles. The number of nitrogen functional groups attached to an aromatic ring is 1. The van der Waals surface area contributed by atoms with Gasteiger partial charge in [-0.1, -0.05) is 11.6 Å². The molecule has 90 valence electrons. The Kier molecular flexibility index (Phi) is 5.52. The van der Waals surface area contributed by atoms with Gasteiger partial charge >= 0.3 is 0 Å². The highest BCUT2D eigenvalue weighted by atomic mass is 35.5. The van der Waals surface area contributed by atoms with Gasteiger partial charge in [-0.25, -0.2) is 4.98 Å². The van der Waals surface area contributed by atoms with Crippen molar-refractivity contribution in [1.29, 1.82) is 0 Å². The number of rotatable bonds is 6. The fourth-order valence-electron chi connectivity index (χ4n) is 1.55. The summed E-state index contributed by atoms with van der Waals surface area (Å²) in [6.45, 7) is 3.39. The first kappa shape index (κ1) is 13.2. The molecule has 0 aliphatic rings. The van der Waals surface area contributed by atoms with E-state index in [9.17, 15) is 0 Å². The molecule has 0 aliphatic carbocycles. The van der Waals surface area contributed by atoms with Crippen molar-refractivity contribution < 1.29 is 4.74 Å². The van der Waals surface area contributed by atoms with E-state index in [0.717, 1.165) is 18.6 Å². The zero-order valence-electron chi connectivity index (χ0n) is 9.66. The Morgan fingerprint density at radius 2 is 2.38 bits per heavy atom. The summed E-state index contributed by atoms with van der Waals surface area (Å²) in [4.78, 5) is 4.04. The van der Waals surface area contributed by atoms with Crippen LogP contribution in [0.3, 0.4) is 0 Å². The number of nitrogens with zero attached hydrogens (tertiary/aromatic N) is 1. The largest absolute Gasteiger partial charge is 0.383 e. The molecule has 1 unspecified atom stereocenters. The number of hydrogen-bond acceptors (Lipinski definition) is 4. The van der Waals surface area contributed by atoms with E-state index in [0.29, 0.717) is 17.4 Å². The first-order valence-electron chi connectivity index (χ1n) is 5.35. The van der Waals surface area contributed by atoms with E-state index in [2.05, 4.69) is 10.3 Å². The predicted octanol–water partition coefficient (Wildman–Crippen LogP) is 2.00. The predicted molar refractivity (Wildman–Crippen MR) is 66.6 cm³/mol. The van der Waals surface area contributed by atoms with E-state index in [-0.39, 0.29) is 6.04 Å². The van der Waals surface area contributed by atoms with Gasteiger partial charge in [0.15, 0.2) is 0 Å². The van der Waals surface area contributed by atoms with E-state index >= 15 is 0 Å². The van der Waals surface area contributed by atoms with Crippen molar-refractivity contribution >= 4 is 17.4 Å². The number of ether oxygens (including phenoxy) is 1. The van der Waals surface area contributed by atoms with Crippen LogP contribution < -0.4 is 11.1 Å². The molecule has 0 bridgehead atoms. The van der Waals surface area contributed by atoms with Gasteiger partial charge in [-0.3, -0.25) is 0 Å². The van der Waals surface area contributed by atoms with Crippen molar-refractivity contribution in [3.8, 4) is 0 Å². The normalized spacial score (nSPS) is 12.7. The summed E-state index contributed by atoms with van der Waals surface area (Å²) < 4.78 is 5.32. The van der Waals surface area contributed by atoms with Gasteiger partial charge in [0.25, 0.3) is 0 Å². The maximum Gasteiger partial charge on any atom is 0.128 e. The molecular formula is C11H18ClN3O. The first-order chi connectivity index (χ1) is 7.69. The smallest absolute Gasteiger partial charge is 0.128 e. The molecule has 0 spiro atoms. The van der Waals surface area contributed by atoms with Gasteiger partial charge in [-0.2, -0.15) is 0 Å². The Labute approximate surface area is 101 Å². The molecule has 4 nitrogen and oxygen atoms in total. The van der Waals surface area contributed by atoms with Crippen molar-refractivity contribution in [2.75, 3.05) is 26.0 Å². The van der Waals surface area contributed by atoms with E-state index in [1.54, 1.807) is 6.20 Å². The van der Waals surface area contributed by atoms with Gasteiger partial charge < -0.3 is 15.8 Å². The van der Waals surface area contributed by atoms with Crippen LogP contribution in [0, 0.1) is 0 Å². The maximum atomic E-state index is 5.90. The SMILES string of the molecule is CCOCCC(NC)c1cc(Cl)cnc1N. The summed E-state index contributed by atoms with van der Waals surface area (Å²) in [5.41, 5.74) is 6.75. The second-order valence-electron chi connectivity index (χ2n) is 3.45. The van der Waals surface area contributed by atoms with Gasteiger partial charge in [0.1, 0.15) is 5.82 Å². The number of halogens is 1. The third-order valence-electron chi connectivity index (χ3n) is 2.39. The van der Waals surface area contributed by atoms with Gasteiger partial charge in [0.2, 0.25) is 0 Å². The summed E-state index contributed by atoms with van der Waals surface area (Å²) in [6, 6.07) is 1.97. The summed E-state index contributed by atoms with van der Waals surface area (Å²) in [5, 5.41) is 3.78. The van der Waals surface area contributed by atoms with Crippen LogP contribution in [0.2, 0.25) is 5.02 Å². The van der Waals surface area contributed by atoms with Crippen LogP contribution in [-0.2, 0) is 4.74 Å². The summed E-state index contributed by atoms with van der Waals surface area (Å²) >= 11 is 5.90. The molecule has 0 radical (unpaired) electrons. The molecule has 0 amide bonds. The number of anilines is 1. The minimum Gasteiger partial charge on any atom is -0.383 e. The molecular weight excluding hydrogens is 226 g/mol. The van der Waals surface area contributed by atoms with Gasteiger partial charge in [-0.15, -0.1) is 0 Å². The lowest BCUT2D eigenvalue weighted by molar-refractivity contribution is 0.137. The third-order valence-corrected chi connectivity index (χ3v) is 2.60. The van der Waals surface area contributed by atoms with Crippen LogP contribution in [0.5, 0.6) is 0 Å². The molecule has 1 heterocycles. The third kappa shape index (κ3) is 3.63. The summed E-state index contributed by atoms with van der Waals surface area (Å²) in [7, 11) is 1.89. The van der Waals surface area contributed by atoms with Gasteiger partial charge in [0.05, 0.1) is 5.02 Å². The summed E-state index contributed by atoms with van der Waals surface area (Å²) in [5.74, 6) is 0.514. The molecule has 0 fully saturated rings. The Balaban J connectivity index is 2.73. The molecule has 16 heavy (non-hydrogen) atoms. The van der Waals surface area contributed by atoms with Crippen molar-refractivity contribution in [3.63, 3.8) is 0 Å². The average Bonchev–Trinajstić information content (AvgIpc) is 2.28. The molecule has 0 saturated carbocycles. The lowest BCUT2D eigenvalue weighted by Gasteiger charge is -2.18. The highest BCUT2D eigenvalue weighted by molar-refractivity contribution is 6.30.